The van der Waals surface area contributed by atoms with Crippen molar-refractivity contribution in [3.8, 4) is 28.5 Å². The molecule has 0 bridgehead atoms. The molecule has 29 heavy (non-hydrogen) atoms. The number of para-hydroxylation sites is 1. The Balaban J connectivity index is 1.52. The summed E-state index contributed by atoms with van der Waals surface area (Å²) in [6.07, 6.45) is 0. The Kier molecular flexibility index (Phi) is 5.57. The second-order valence-corrected chi connectivity index (χ2v) is 7.00. The topological polar surface area (TPSA) is 78.9 Å². The van der Waals surface area contributed by atoms with Crippen LogP contribution in [0.2, 0.25) is 0 Å². The van der Waals surface area contributed by atoms with E-state index in [9.17, 15) is 4.39 Å². The maximum atomic E-state index is 13.1. The molecule has 0 N–H and O–H groups in total. The number of ether oxygens (including phenoxy) is 1. The van der Waals surface area contributed by atoms with Crippen molar-refractivity contribution in [3.05, 3.63) is 60.2 Å². The summed E-state index contributed by atoms with van der Waals surface area (Å²) < 4.78 is 25.8. The predicted molar refractivity (Wildman–Crippen MR) is 107 cm³/mol. The fourth-order valence-electron chi connectivity index (χ4n) is 2.87. The van der Waals surface area contributed by atoms with Crippen LogP contribution >= 0.6 is 11.8 Å². The van der Waals surface area contributed by atoms with Gasteiger partial charge >= 0.3 is 0 Å². The first kappa shape index (κ1) is 19.1. The second-order valence-electron chi connectivity index (χ2n) is 6.06. The highest BCUT2D eigenvalue weighted by molar-refractivity contribution is 7.98. The zero-order chi connectivity index (χ0) is 20.2. The van der Waals surface area contributed by atoms with Gasteiger partial charge in [-0.05, 0) is 43.3 Å². The number of hydrogen-bond donors (Lipinski definition) is 0. The van der Waals surface area contributed by atoms with Crippen LogP contribution in [0.25, 0.3) is 22.8 Å². The lowest BCUT2D eigenvalue weighted by Crippen LogP contribution is -2.01. The predicted octanol–water partition coefficient (Wildman–Crippen LogP) is 4.46. The molecule has 0 fully saturated rings. The summed E-state index contributed by atoms with van der Waals surface area (Å²) in [4.78, 5) is 4.37. The monoisotopic (exact) mass is 411 g/mol. The van der Waals surface area contributed by atoms with Gasteiger partial charge in [-0.15, -0.1) is 10.2 Å². The van der Waals surface area contributed by atoms with E-state index in [4.69, 9.17) is 9.26 Å². The summed E-state index contributed by atoms with van der Waals surface area (Å²) in [5.41, 5.74) is 1.58. The van der Waals surface area contributed by atoms with Crippen LogP contribution in [0.4, 0.5) is 4.39 Å². The molecular weight excluding hydrogens is 393 g/mol. The summed E-state index contributed by atoms with van der Waals surface area (Å²) >= 11 is 1.46. The van der Waals surface area contributed by atoms with E-state index >= 15 is 0 Å². The molecule has 0 radical (unpaired) electrons. The zero-order valence-corrected chi connectivity index (χ0v) is 16.7. The van der Waals surface area contributed by atoms with Crippen LogP contribution in [-0.4, -0.2) is 32.0 Å². The van der Waals surface area contributed by atoms with E-state index in [0.29, 0.717) is 29.6 Å². The van der Waals surface area contributed by atoms with Gasteiger partial charge in [0.1, 0.15) is 11.6 Å². The summed E-state index contributed by atoms with van der Waals surface area (Å²) in [6, 6.07) is 13.7. The summed E-state index contributed by atoms with van der Waals surface area (Å²) in [5.74, 6) is 2.50. The third-order valence-corrected chi connectivity index (χ3v) is 5.23. The molecule has 0 saturated heterocycles. The van der Waals surface area contributed by atoms with E-state index in [1.807, 2.05) is 35.8 Å². The number of benzene rings is 2. The molecule has 2 aromatic heterocycles. The van der Waals surface area contributed by atoms with Gasteiger partial charge < -0.3 is 13.8 Å². The van der Waals surface area contributed by atoms with Crippen molar-refractivity contribution in [1.29, 1.82) is 0 Å². The molecule has 0 spiro atoms. The van der Waals surface area contributed by atoms with Crippen LogP contribution in [0.3, 0.4) is 0 Å². The van der Waals surface area contributed by atoms with E-state index in [1.165, 1.54) is 23.9 Å². The van der Waals surface area contributed by atoms with E-state index in [0.717, 1.165) is 22.3 Å². The molecule has 0 unspecified atom stereocenters. The number of methoxy groups -OCH3 is 1. The quantitative estimate of drug-likeness (QED) is 0.416. The van der Waals surface area contributed by atoms with Gasteiger partial charge in [0.25, 0.3) is 0 Å². The molecule has 2 heterocycles. The van der Waals surface area contributed by atoms with E-state index < -0.39 is 0 Å². The summed E-state index contributed by atoms with van der Waals surface area (Å²) in [5, 5.41) is 13.4. The molecule has 9 heteroatoms. The Morgan fingerprint density at radius 1 is 1.10 bits per heavy atom. The molecule has 148 valence electrons. The first-order valence-electron chi connectivity index (χ1n) is 8.97. The largest absolute Gasteiger partial charge is 0.496 e. The highest BCUT2D eigenvalue weighted by Crippen LogP contribution is 2.31. The number of aromatic nitrogens is 5. The highest BCUT2D eigenvalue weighted by Gasteiger charge is 2.17. The minimum atomic E-state index is -0.308. The van der Waals surface area contributed by atoms with Crippen LogP contribution in [0.15, 0.2) is 58.2 Å². The minimum absolute atomic E-state index is 0.308. The summed E-state index contributed by atoms with van der Waals surface area (Å²) in [6.45, 7) is 2.74. The highest BCUT2D eigenvalue weighted by atomic mass is 32.2. The molecule has 0 saturated carbocycles. The van der Waals surface area contributed by atoms with Gasteiger partial charge in [-0.1, -0.05) is 29.1 Å². The minimum Gasteiger partial charge on any atom is -0.496 e. The van der Waals surface area contributed by atoms with Crippen LogP contribution in [0, 0.1) is 5.82 Å². The Hall–Kier alpha value is -3.20. The number of halogens is 1. The Morgan fingerprint density at radius 2 is 1.90 bits per heavy atom. The fraction of sp³-hybridized carbons (Fsp3) is 0.200. The van der Waals surface area contributed by atoms with E-state index in [1.54, 1.807) is 19.2 Å². The lowest BCUT2D eigenvalue weighted by Gasteiger charge is -2.09. The maximum absolute atomic E-state index is 13.1. The molecule has 0 amide bonds. The van der Waals surface area contributed by atoms with Gasteiger partial charge in [-0.25, -0.2) is 4.39 Å². The molecule has 4 rings (SSSR count). The van der Waals surface area contributed by atoms with Gasteiger partial charge in [0.05, 0.1) is 18.4 Å². The average Bonchev–Trinajstić information content (AvgIpc) is 3.39. The normalized spacial score (nSPS) is 11.0. The molecule has 0 aliphatic rings. The third-order valence-electron chi connectivity index (χ3n) is 4.28. The first-order valence-corrected chi connectivity index (χ1v) is 9.96. The number of thioether (sulfide) groups is 1. The smallest absolute Gasteiger partial charge is 0.237 e. The Bertz CT molecular complexity index is 1110. The van der Waals surface area contributed by atoms with Gasteiger partial charge in [0.2, 0.25) is 11.7 Å². The molecule has 0 atom stereocenters. The van der Waals surface area contributed by atoms with Crippen LogP contribution in [0.1, 0.15) is 12.8 Å². The van der Waals surface area contributed by atoms with Gasteiger partial charge in [-0.3, -0.25) is 0 Å². The van der Waals surface area contributed by atoms with Crippen LogP contribution in [0.5, 0.6) is 5.75 Å². The lowest BCUT2D eigenvalue weighted by molar-refractivity contribution is 0.391. The molecule has 4 aromatic rings. The Labute approximate surface area is 170 Å². The average molecular weight is 411 g/mol. The van der Waals surface area contributed by atoms with Gasteiger partial charge in [0, 0.05) is 12.1 Å². The van der Waals surface area contributed by atoms with Gasteiger partial charge in [0.15, 0.2) is 11.0 Å². The van der Waals surface area contributed by atoms with Crippen molar-refractivity contribution < 1.29 is 13.7 Å². The summed E-state index contributed by atoms with van der Waals surface area (Å²) in [7, 11) is 1.63. The van der Waals surface area contributed by atoms with Crippen molar-refractivity contribution in [2.75, 3.05) is 7.11 Å². The SMILES string of the molecule is CCn1c(SCc2nc(-c3ccc(F)cc3)no2)nnc1-c1ccccc1OC. The fourth-order valence-corrected chi connectivity index (χ4v) is 3.70. The second kappa shape index (κ2) is 8.44. The number of hydrogen-bond acceptors (Lipinski definition) is 7. The molecule has 7 nitrogen and oxygen atoms in total. The molecule has 0 aliphatic carbocycles. The third kappa shape index (κ3) is 4.00. The first-order chi connectivity index (χ1) is 14.2. The van der Waals surface area contributed by atoms with Crippen molar-refractivity contribution in [2.24, 2.45) is 0 Å². The van der Waals surface area contributed by atoms with Crippen molar-refractivity contribution in [3.63, 3.8) is 0 Å². The standard InChI is InChI=1S/C20H18FN5O2S/c1-3-26-19(15-6-4-5-7-16(15)27-2)23-24-20(26)29-12-17-22-18(25-28-17)13-8-10-14(21)11-9-13/h4-11H,3,12H2,1-2H3. The molecule has 0 aliphatic heterocycles. The van der Waals surface area contributed by atoms with Crippen LogP contribution < -0.4 is 4.74 Å². The van der Waals surface area contributed by atoms with Crippen molar-refractivity contribution in [2.45, 2.75) is 24.4 Å². The van der Waals surface area contributed by atoms with Crippen molar-refractivity contribution in [1.82, 2.24) is 24.9 Å². The van der Waals surface area contributed by atoms with E-state index in [2.05, 4.69) is 20.3 Å². The lowest BCUT2D eigenvalue weighted by atomic mass is 10.2. The van der Waals surface area contributed by atoms with Gasteiger partial charge in [-0.2, -0.15) is 4.98 Å². The molecular formula is C20H18FN5O2S. The van der Waals surface area contributed by atoms with Crippen molar-refractivity contribution >= 4 is 11.8 Å². The zero-order valence-electron chi connectivity index (χ0n) is 15.9. The maximum Gasteiger partial charge on any atom is 0.237 e. The molecule has 2 aromatic carbocycles. The number of nitrogens with zero attached hydrogens (tertiary/aromatic N) is 5. The van der Waals surface area contributed by atoms with E-state index in [-0.39, 0.29) is 5.82 Å². The van der Waals surface area contributed by atoms with Crippen LogP contribution in [-0.2, 0) is 12.3 Å². The Morgan fingerprint density at radius 3 is 2.66 bits per heavy atom. The number of rotatable bonds is 7.